The molecule has 7 heteroatoms. The second-order valence-corrected chi connectivity index (χ2v) is 10.6. The van der Waals surface area contributed by atoms with Crippen LogP contribution in [0.25, 0.3) is 0 Å². The molecule has 3 atom stereocenters. The molecule has 168 valence electrons. The molecule has 31 heavy (non-hydrogen) atoms. The fraction of sp³-hybridized carbons (Fsp3) is 0.417. The Labute approximate surface area is 186 Å². The molecule has 1 saturated heterocycles. The summed E-state index contributed by atoms with van der Waals surface area (Å²) in [5.74, 6) is 0.200. The first-order valence-electron chi connectivity index (χ1n) is 10.6. The van der Waals surface area contributed by atoms with Crippen LogP contribution in [0.5, 0.6) is 5.75 Å². The number of hydrogen-bond donors (Lipinski definition) is 1. The Morgan fingerprint density at radius 2 is 1.74 bits per heavy atom. The van der Waals surface area contributed by atoms with Crippen LogP contribution in [0, 0.1) is 0 Å². The van der Waals surface area contributed by atoms with Crippen LogP contribution in [0.1, 0.15) is 31.0 Å². The van der Waals surface area contributed by atoms with Gasteiger partial charge in [-0.05, 0) is 49.2 Å². The molecule has 0 amide bonds. The highest BCUT2D eigenvalue weighted by atomic mass is 32.2. The number of nitrogens with zero attached hydrogens (tertiary/aromatic N) is 3. The largest absolute Gasteiger partial charge is 0.508 e. The Morgan fingerprint density at radius 1 is 1.10 bits per heavy atom. The van der Waals surface area contributed by atoms with Crippen molar-refractivity contribution in [3.8, 4) is 5.75 Å². The maximum Gasteiger partial charge on any atom is 0.242 e. The van der Waals surface area contributed by atoms with E-state index in [1.165, 1.54) is 18.4 Å². The van der Waals surface area contributed by atoms with E-state index < -0.39 is 10.0 Å². The SMILES string of the molecule is C=CCN1C[C@@H](C)N([C@@H](c2cccc(O)c2)c2cccc(S(=O)(=O)N(C)C)c2)C[C@@H]1C. The van der Waals surface area contributed by atoms with Crippen LogP contribution in [0.3, 0.4) is 0 Å². The van der Waals surface area contributed by atoms with E-state index in [0.29, 0.717) is 6.04 Å². The summed E-state index contributed by atoms with van der Waals surface area (Å²) in [6.07, 6.45) is 1.93. The molecule has 0 radical (unpaired) electrons. The first-order valence-corrected chi connectivity index (χ1v) is 12.0. The molecule has 2 aromatic rings. The van der Waals surface area contributed by atoms with E-state index in [2.05, 4.69) is 30.2 Å². The smallest absolute Gasteiger partial charge is 0.242 e. The highest BCUT2D eigenvalue weighted by Gasteiger charge is 2.35. The number of hydrogen-bond acceptors (Lipinski definition) is 5. The zero-order chi connectivity index (χ0) is 22.8. The van der Waals surface area contributed by atoms with Crippen LogP contribution in [-0.4, -0.2) is 73.4 Å². The van der Waals surface area contributed by atoms with Crippen LogP contribution in [0.15, 0.2) is 66.1 Å². The second kappa shape index (κ2) is 9.53. The lowest BCUT2D eigenvalue weighted by atomic mass is 9.93. The highest BCUT2D eigenvalue weighted by molar-refractivity contribution is 7.89. The number of benzene rings is 2. The third-order valence-electron chi connectivity index (χ3n) is 6.00. The molecule has 1 fully saturated rings. The predicted octanol–water partition coefficient (Wildman–Crippen LogP) is 3.31. The summed E-state index contributed by atoms with van der Waals surface area (Å²) in [5.41, 5.74) is 1.83. The Hall–Kier alpha value is -2.19. The summed E-state index contributed by atoms with van der Waals surface area (Å²) in [4.78, 5) is 5.08. The molecule has 0 bridgehead atoms. The third kappa shape index (κ3) is 5.01. The standard InChI is InChI=1S/C24H33N3O3S/c1-6-13-26-16-19(3)27(17-18(26)2)24(20-9-7-11-22(28)14-20)21-10-8-12-23(15-21)31(29,30)25(4)5/h6-12,14-15,18-19,24,28H,1,13,16-17H2,2-5H3/t18-,19+,24-/m0/s1. The quantitative estimate of drug-likeness (QED) is 0.665. The summed E-state index contributed by atoms with van der Waals surface area (Å²) in [6.45, 7) is 10.8. The number of sulfonamides is 1. The number of phenolic OH excluding ortho intramolecular Hbond substituents is 1. The molecule has 3 rings (SSSR count). The molecule has 1 aliphatic heterocycles. The van der Waals surface area contributed by atoms with Gasteiger partial charge in [0.1, 0.15) is 5.75 Å². The van der Waals surface area contributed by atoms with Gasteiger partial charge in [0.25, 0.3) is 0 Å². The van der Waals surface area contributed by atoms with Gasteiger partial charge in [-0.2, -0.15) is 0 Å². The third-order valence-corrected chi connectivity index (χ3v) is 7.81. The van der Waals surface area contributed by atoms with Gasteiger partial charge in [-0.1, -0.05) is 30.3 Å². The molecule has 0 aromatic heterocycles. The van der Waals surface area contributed by atoms with Gasteiger partial charge in [0.15, 0.2) is 0 Å². The summed E-state index contributed by atoms with van der Waals surface area (Å²) >= 11 is 0. The molecule has 0 spiro atoms. The van der Waals surface area contributed by atoms with Gasteiger partial charge in [-0.3, -0.25) is 9.80 Å². The average molecular weight is 444 g/mol. The first kappa shape index (κ1) is 23.5. The minimum absolute atomic E-state index is 0.173. The van der Waals surface area contributed by atoms with Crippen molar-refractivity contribution in [2.24, 2.45) is 0 Å². The zero-order valence-corrected chi connectivity index (χ0v) is 19.6. The number of phenols is 1. The van der Waals surface area contributed by atoms with E-state index in [9.17, 15) is 13.5 Å². The van der Waals surface area contributed by atoms with E-state index in [1.54, 1.807) is 30.3 Å². The molecule has 0 aliphatic carbocycles. The van der Waals surface area contributed by atoms with E-state index in [0.717, 1.165) is 30.8 Å². The van der Waals surface area contributed by atoms with Crippen LogP contribution in [-0.2, 0) is 10.0 Å². The van der Waals surface area contributed by atoms with E-state index in [4.69, 9.17) is 0 Å². The average Bonchev–Trinajstić information content (AvgIpc) is 2.72. The number of aromatic hydroxyl groups is 1. The second-order valence-electron chi connectivity index (χ2n) is 8.49. The van der Waals surface area contributed by atoms with Gasteiger partial charge in [-0.25, -0.2) is 12.7 Å². The van der Waals surface area contributed by atoms with Gasteiger partial charge in [0.2, 0.25) is 10.0 Å². The van der Waals surface area contributed by atoms with Gasteiger partial charge in [0, 0.05) is 45.8 Å². The minimum atomic E-state index is -3.55. The van der Waals surface area contributed by atoms with Crippen LogP contribution >= 0.6 is 0 Å². The number of piperazine rings is 1. The summed E-state index contributed by atoms with van der Waals surface area (Å²) < 4.78 is 26.8. The monoisotopic (exact) mass is 443 g/mol. The highest BCUT2D eigenvalue weighted by Crippen LogP contribution is 2.35. The Kier molecular flexibility index (Phi) is 7.21. The predicted molar refractivity (Wildman–Crippen MR) is 125 cm³/mol. The van der Waals surface area contributed by atoms with Gasteiger partial charge >= 0.3 is 0 Å². The topological polar surface area (TPSA) is 64.1 Å². The fourth-order valence-electron chi connectivity index (χ4n) is 4.33. The van der Waals surface area contributed by atoms with Crippen molar-refractivity contribution in [2.75, 3.05) is 33.7 Å². The normalized spacial score (nSPS) is 21.8. The zero-order valence-electron chi connectivity index (χ0n) is 18.8. The molecule has 6 nitrogen and oxygen atoms in total. The lowest BCUT2D eigenvalue weighted by Gasteiger charge is -2.47. The maximum atomic E-state index is 12.8. The molecular formula is C24H33N3O3S. The van der Waals surface area contributed by atoms with Gasteiger partial charge in [-0.15, -0.1) is 6.58 Å². The Balaban J connectivity index is 2.08. The van der Waals surface area contributed by atoms with E-state index in [-0.39, 0.29) is 22.7 Å². The maximum absolute atomic E-state index is 12.8. The fourth-order valence-corrected chi connectivity index (χ4v) is 5.29. The molecule has 1 N–H and O–H groups in total. The summed E-state index contributed by atoms with van der Waals surface area (Å²) in [5, 5.41) is 10.2. The van der Waals surface area contributed by atoms with Crippen LogP contribution in [0.4, 0.5) is 0 Å². The molecular weight excluding hydrogens is 410 g/mol. The molecule has 0 unspecified atom stereocenters. The van der Waals surface area contributed by atoms with Crippen molar-refractivity contribution < 1.29 is 13.5 Å². The Bertz CT molecular complexity index is 1020. The van der Waals surface area contributed by atoms with Crippen LogP contribution in [0.2, 0.25) is 0 Å². The van der Waals surface area contributed by atoms with Crippen molar-refractivity contribution in [3.05, 3.63) is 72.3 Å². The minimum Gasteiger partial charge on any atom is -0.508 e. The van der Waals surface area contributed by atoms with Gasteiger partial charge < -0.3 is 5.11 Å². The molecule has 0 saturated carbocycles. The van der Waals surface area contributed by atoms with Gasteiger partial charge in [0.05, 0.1) is 10.9 Å². The van der Waals surface area contributed by atoms with Crippen molar-refractivity contribution in [2.45, 2.75) is 36.9 Å². The number of rotatable bonds is 7. The van der Waals surface area contributed by atoms with E-state index >= 15 is 0 Å². The molecule has 1 heterocycles. The van der Waals surface area contributed by atoms with Crippen molar-refractivity contribution >= 4 is 10.0 Å². The Morgan fingerprint density at radius 3 is 2.35 bits per heavy atom. The van der Waals surface area contributed by atoms with Crippen LogP contribution < -0.4 is 0 Å². The van der Waals surface area contributed by atoms with E-state index in [1.807, 2.05) is 24.3 Å². The lowest BCUT2D eigenvalue weighted by Crippen LogP contribution is -2.57. The van der Waals surface area contributed by atoms with Crippen molar-refractivity contribution in [3.63, 3.8) is 0 Å². The molecule has 1 aliphatic rings. The van der Waals surface area contributed by atoms with Crippen molar-refractivity contribution in [1.29, 1.82) is 0 Å². The summed E-state index contributed by atoms with van der Waals surface area (Å²) in [6, 6.07) is 14.8. The lowest BCUT2D eigenvalue weighted by molar-refractivity contribution is 0.0306. The first-order chi connectivity index (χ1) is 14.6. The molecule has 2 aromatic carbocycles. The summed E-state index contributed by atoms with van der Waals surface area (Å²) in [7, 11) is -0.470. The van der Waals surface area contributed by atoms with Crippen molar-refractivity contribution in [1.82, 2.24) is 14.1 Å².